The number of nitrogens with zero attached hydrogens (tertiary/aromatic N) is 2. The van der Waals surface area contributed by atoms with Crippen molar-refractivity contribution in [1.82, 2.24) is 9.97 Å². The highest BCUT2D eigenvalue weighted by molar-refractivity contribution is 5.77. The SMILES string of the molecule is FC(F)(F)c1ccc(-c2ncoc2-c2cc(C(F)(F)F)nc(C(F)(F)F)c2)cc1. The van der Waals surface area contributed by atoms with Gasteiger partial charge >= 0.3 is 18.5 Å². The first kappa shape index (κ1) is 20.7. The molecule has 0 bridgehead atoms. The molecule has 2 aromatic heterocycles. The summed E-state index contributed by atoms with van der Waals surface area (Å²) in [6.45, 7) is 0. The standard InChI is InChI=1S/C17H7F9N2O/c18-15(19,20)10-3-1-8(2-4-10)13-14(29-7-27-13)9-5-11(16(21,22)23)28-12(6-9)17(24,25)26/h1-7H. The van der Waals surface area contributed by atoms with Crippen LogP contribution in [0.1, 0.15) is 17.0 Å². The monoisotopic (exact) mass is 426 g/mol. The molecule has 0 amide bonds. The number of pyridine rings is 1. The van der Waals surface area contributed by atoms with E-state index in [0.717, 1.165) is 18.5 Å². The van der Waals surface area contributed by atoms with E-state index >= 15 is 0 Å². The molecule has 0 radical (unpaired) electrons. The van der Waals surface area contributed by atoms with Crippen LogP contribution in [0, 0.1) is 0 Å². The minimum absolute atomic E-state index is 0.000629. The molecule has 0 unspecified atom stereocenters. The zero-order chi connectivity index (χ0) is 21.6. The third-order valence-corrected chi connectivity index (χ3v) is 3.72. The van der Waals surface area contributed by atoms with Crippen molar-refractivity contribution in [1.29, 1.82) is 0 Å². The summed E-state index contributed by atoms with van der Waals surface area (Å²) in [7, 11) is 0. The van der Waals surface area contributed by atoms with Gasteiger partial charge in [-0.1, -0.05) is 12.1 Å². The molecule has 0 aliphatic rings. The number of hydrogen-bond donors (Lipinski definition) is 0. The predicted molar refractivity (Wildman–Crippen MR) is 80.2 cm³/mol. The summed E-state index contributed by atoms with van der Waals surface area (Å²) in [6.07, 6.45) is -14.2. The topological polar surface area (TPSA) is 38.9 Å². The van der Waals surface area contributed by atoms with Crippen molar-refractivity contribution in [3.8, 4) is 22.6 Å². The van der Waals surface area contributed by atoms with Gasteiger partial charge in [-0.3, -0.25) is 0 Å². The largest absolute Gasteiger partial charge is 0.443 e. The van der Waals surface area contributed by atoms with Crippen molar-refractivity contribution in [3.63, 3.8) is 0 Å². The summed E-state index contributed by atoms with van der Waals surface area (Å²) in [4.78, 5) is 6.30. The molecule has 1 aromatic carbocycles. The second-order valence-electron chi connectivity index (χ2n) is 5.73. The minimum Gasteiger partial charge on any atom is -0.443 e. The van der Waals surface area contributed by atoms with Gasteiger partial charge in [-0.05, 0) is 24.3 Å². The Bertz CT molecular complexity index is 983. The maximum absolute atomic E-state index is 13.0. The van der Waals surface area contributed by atoms with Gasteiger partial charge in [-0.15, -0.1) is 0 Å². The first-order valence-corrected chi connectivity index (χ1v) is 7.55. The highest BCUT2D eigenvalue weighted by atomic mass is 19.4. The Hall–Kier alpha value is -3.05. The fourth-order valence-electron chi connectivity index (χ4n) is 2.43. The summed E-state index contributed by atoms with van der Waals surface area (Å²) >= 11 is 0. The van der Waals surface area contributed by atoms with Crippen LogP contribution in [0.3, 0.4) is 0 Å². The van der Waals surface area contributed by atoms with Crippen LogP contribution < -0.4 is 0 Å². The lowest BCUT2D eigenvalue weighted by atomic mass is 10.0. The van der Waals surface area contributed by atoms with E-state index < -0.39 is 46.8 Å². The van der Waals surface area contributed by atoms with Crippen molar-refractivity contribution in [3.05, 3.63) is 59.7 Å². The molecule has 3 aromatic rings. The molecule has 3 nitrogen and oxygen atoms in total. The molecule has 29 heavy (non-hydrogen) atoms. The molecular weight excluding hydrogens is 419 g/mol. The Balaban J connectivity index is 2.13. The number of aromatic nitrogens is 2. The molecule has 0 aliphatic carbocycles. The Morgan fingerprint density at radius 3 is 1.62 bits per heavy atom. The normalized spacial score (nSPS) is 13.0. The lowest BCUT2D eigenvalue weighted by Crippen LogP contribution is -2.15. The van der Waals surface area contributed by atoms with Gasteiger partial charge < -0.3 is 4.42 Å². The second kappa shape index (κ2) is 6.78. The maximum atomic E-state index is 13.0. The fraction of sp³-hybridized carbons (Fsp3) is 0.176. The molecule has 0 aliphatic heterocycles. The van der Waals surface area contributed by atoms with E-state index in [2.05, 4.69) is 9.97 Å². The molecule has 2 heterocycles. The van der Waals surface area contributed by atoms with Crippen molar-refractivity contribution in [2.75, 3.05) is 0 Å². The van der Waals surface area contributed by atoms with E-state index in [1.165, 1.54) is 0 Å². The summed E-state index contributed by atoms with van der Waals surface area (Å²) in [5.41, 5.74) is -5.47. The molecular formula is C17H7F9N2O. The molecule has 0 saturated heterocycles. The Morgan fingerprint density at radius 2 is 1.17 bits per heavy atom. The molecule has 154 valence electrons. The van der Waals surface area contributed by atoms with Crippen molar-refractivity contribution < 1.29 is 43.9 Å². The van der Waals surface area contributed by atoms with Gasteiger partial charge in [0.05, 0.1) is 5.56 Å². The summed E-state index contributed by atoms with van der Waals surface area (Å²) in [5, 5.41) is 0. The van der Waals surface area contributed by atoms with Gasteiger partial charge in [0.25, 0.3) is 0 Å². The van der Waals surface area contributed by atoms with E-state index in [1.807, 2.05) is 0 Å². The van der Waals surface area contributed by atoms with Gasteiger partial charge in [0.2, 0.25) is 0 Å². The molecule has 0 saturated carbocycles. The Kier molecular flexibility index (Phi) is 4.83. The number of hydrogen-bond acceptors (Lipinski definition) is 3. The van der Waals surface area contributed by atoms with Crippen molar-refractivity contribution in [2.45, 2.75) is 18.5 Å². The van der Waals surface area contributed by atoms with E-state index in [1.54, 1.807) is 0 Å². The zero-order valence-electron chi connectivity index (χ0n) is 13.7. The van der Waals surface area contributed by atoms with Crippen LogP contribution in [0.25, 0.3) is 22.6 Å². The molecule has 0 spiro atoms. The average Bonchev–Trinajstić information content (AvgIpc) is 3.09. The number of benzene rings is 1. The van der Waals surface area contributed by atoms with Gasteiger partial charge in [0.15, 0.2) is 12.2 Å². The van der Waals surface area contributed by atoms with Crippen LogP contribution in [-0.2, 0) is 18.5 Å². The molecule has 0 atom stereocenters. The van der Waals surface area contributed by atoms with Gasteiger partial charge in [-0.2, -0.15) is 39.5 Å². The van der Waals surface area contributed by atoms with Crippen LogP contribution in [0.5, 0.6) is 0 Å². The van der Waals surface area contributed by atoms with Crippen LogP contribution in [0.15, 0.2) is 47.2 Å². The Labute approximate surface area is 155 Å². The van der Waals surface area contributed by atoms with Crippen molar-refractivity contribution >= 4 is 0 Å². The molecule has 12 heteroatoms. The van der Waals surface area contributed by atoms with E-state index in [-0.39, 0.29) is 11.3 Å². The molecule has 3 rings (SSSR count). The quantitative estimate of drug-likeness (QED) is 0.442. The summed E-state index contributed by atoms with van der Waals surface area (Å²) in [6, 6.07) is 4.01. The fourth-order valence-corrected chi connectivity index (χ4v) is 2.43. The lowest BCUT2D eigenvalue weighted by molar-refractivity contribution is -0.150. The van der Waals surface area contributed by atoms with Crippen LogP contribution >= 0.6 is 0 Å². The summed E-state index contributed by atoms with van der Waals surface area (Å²) < 4.78 is 121. The highest BCUT2D eigenvalue weighted by Gasteiger charge is 2.39. The smallest absolute Gasteiger partial charge is 0.433 e. The first-order chi connectivity index (χ1) is 13.3. The highest BCUT2D eigenvalue weighted by Crippen LogP contribution is 2.39. The van der Waals surface area contributed by atoms with Gasteiger partial charge in [-0.25, -0.2) is 9.97 Å². The van der Waals surface area contributed by atoms with Crippen molar-refractivity contribution in [2.24, 2.45) is 0 Å². The average molecular weight is 426 g/mol. The number of alkyl halides is 9. The van der Waals surface area contributed by atoms with Gasteiger partial charge in [0.1, 0.15) is 17.1 Å². The maximum Gasteiger partial charge on any atom is 0.433 e. The first-order valence-electron chi connectivity index (χ1n) is 7.55. The predicted octanol–water partition coefficient (Wildman–Crippen LogP) is 6.46. The zero-order valence-corrected chi connectivity index (χ0v) is 13.7. The van der Waals surface area contributed by atoms with E-state index in [4.69, 9.17) is 4.42 Å². The third kappa shape index (κ3) is 4.35. The van der Waals surface area contributed by atoms with Crippen LogP contribution in [0.4, 0.5) is 39.5 Å². The number of oxazole rings is 1. The minimum atomic E-state index is -5.18. The van der Waals surface area contributed by atoms with E-state index in [0.29, 0.717) is 24.3 Å². The summed E-state index contributed by atoms with van der Waals surface area (Å²) in [5.74, 6) is -0.483. The second-order valence-corrected chi connectivity index (χ2v) is 5.73. The number of rotatable bonds is 2. The molecule has 0 fully saturated rings. The third-order valence-electron chi connectivity index (χ3n) is 3.72. The Morgan fingerprint density at radius 1 is 0.655 bits per heavy atom. The number of halogens is 9. The van der Waals surface area contributed by atoms with Crippen LogP contribution in [-0.4, -0.2) is 9.97 Å². The van der Waals surface area contributed by atoms with Gasteiger partial charge in [0, 0.05) is 11.1 Å². The molecule has 0 N–H and O–H groups in total. The lowest BCUT2D eigenvalue weighted by Gasteiger charge is -2.13. The van der Waals surface area contributed by atoms with Crippen LogP contribution in [0.2, 0.25) is 0 Å². The van der Waals surface area contributed by atoms with E-state index in [9.17, 15) is 39.5 Å².